The number of halogens is 1. The predicted octanol–water partition coefficient (Wildman–Crippen LogP) is 3.86. The van der Waals surface area contributed by atoms with E-state index in [1.807, 2.05) is 11.8 Å². The zero-order valence-corrected chi connectivity index (χ0v) is 19.3. The van der Waals surface area contributed by atoms with Gasteiger partial charge in [0.05, 0.1) is 15.9 Å². The number of carbonyl (C=O) groups excluding carboxylic acids is 1. The molecular weight excluding hydrogens is 462 g/mol. The molecule has 0 N–H and O–H groups in total. The van der Waals surface area contributed by atoms with Crippen LogP contribution in [-0.2, 0) is 21.2 Å². The number of nitro benzene ring substituents is 1. The lowest BCUT2D eigenvalue weighted by Crippen LogP contribution is -2.46. The summed E-state index contributed by atoms with van der Waals surface area (Å²) in [5.41, 5.74) is 0.758. The van der Waals surface area contributed by atoms with Crippen molar-refractivity contribution in [3.05, 3.63) is 55.2 Å². The average molecular weight is 484 g/mol. The quantitative estimate of drug-likeness (QED) is 0.485. The number of carbonyl (C=O) groups is 1. The molecule has 1 unspecified atom stereocenters. The molecule has 2 aromatic rings. The molecule has 0 bridgehead atoms. The molecule has 1 saturated heterocycles. The third kappa shape index (κ3) is 4.09. The second-order valence-corrected chi connectivity index (χ2v) is 11.2. The maximum Gasteiger partial charge on any atom is 0.289 e. The van der Waals surface area contributed by atoms with Gasteiger partial charge >= 0.3 is 0 Å². The first-order chi connectivity index (χ1) is 14.7. The molecule has 3 heterocycles. The first-order valence-corrected chi connectivity index (χ1v) is 12.7. The Balaban J connectivity index is 1.44. The number of thiophene rings is 1. The van der Waals surface area contributed by atoms with E-state index in [0.29, 0.717) is 19.4 Å². The van der Waals surface area contributed by atoms with E-state index in [1.54, 1.807) is 11.3 Å². The highest BCUT2D eigenvalue weighted by molar-refractivity contribution is 7.89. The highest BCUT2D eigenvalue weighted by Crippen LogP contribution is 2.35. The number of hydrogen-bond acceptors (Lipinski definition) is 6. The van der Waals surface area contributed by atoms with Crippen LogP contribution in [0, 0.1) is 16.0 Å². The van der Waals surface area contributed by atoms with Gasteiger partial charge in [0.2, 0.25) is 15.9 Å². The molecule has 8 nitrogen and oxygen atoms in total. The van der Waals surface area contributed by atoms with Crippen molar-refractivity contribution in [2.24, 2.45) is 5.92 Å². The summed E-state index contributed by atoms with van der Waals surface area (Å²) in [6.45, 7) is 3.11. The van der Waals surface area contributed by atoms with Gasteiger partial charge in [0, 0.05) is 36.5 Å². The Morgan fingerprint density at radius 3 is 2.61 bits per heavy atom. The second kappa shape index (κ2) is 8.50. The van der Waals surface area contributed by atoms with Crippen LogP contribution in [0.25, 0.3) is 0 Å². The van der Waals surface area contributed by atoms with Gasteiger partial charge in [0.15, 0.2) is 0 Å². The van der Waals surface area contributed by atoms with E-state index >= 15 is 0 Å². The molecule has 1 atom stereocenters. The lowest BCUT2D eigenvalue weighted by molar-refractivity contribution is -0.384. The van der Waals surface area contributed by atoms with Crippen molar-refractivity contribution in [2.45, 2.75) is 37.1 Å². The van der Waals surface area contributed by atoms with Gasteiger partial charge in [0.25, 0.3) is 5.69 Å². The summed E-state index contributed by atoms with van der Waals surface area (Å²) in [7, 11) is -3.91. The molecular formula is C20H22ClN3O5S2. The zero-order chi connectivity index (χ0) is 22.3. The van der Waals surface area contributed by atoms with Crippen LogP contribution in [-0.4, -0.2) is 48.1 Å². The number of nitro groups is 1. The fourth-order valence-corrected chi connectivity index (χ4v) is 6.97. The van der Waals surface area contributed by atoms with Gasteiger partial charge in [-0.1, -0.05) is 11.6 Å². The minimum Gasteiger partial charge on any atom is -0.335 e. The normalized spacial score (nSPS) is 20.5. The van der Waals surface area contributed by atoms with Crippen molar-refractivity contribution in [1.29, 1.82) is 0 Å². The smallest absolute Gasteiger partial charge is 0.289 e. The van der Waals surface area contributed by atoms with E-state index in [2.05, 4.69) is 11.4 Å². The van der Waals surface area contributed by atoms with E-state index in [1.165, 1.54) is 26.9 Å². The topological polar surface area (TPSA) is 101 Å². The minimum atomic E-state index is -3.91. The number of fused-ring (bicyclic) bond motifs is 1. The standard InChI is InChI=1S/C20H22ClN3O5S2/c1-13-16-7-11-30-19(16)6-10-23(13)20(25)14-4-8-22(9-5-14)31(28,29)15-2-3-17(21)18(12-15)24(26)27/h2-3,7,11-14H,4-6,8-10H2,1H3. The van der Waals surface area contributed by atoms with Gasteiger partial charge in [-0.2, -0.15) is 4.31 Å². The molecule has 1 aromatic carbocycles. The summed E-state index contributed by atoms with van der Waals surface area (Å²) in [5, 5.41) is 13.0. The van der Waals surface area contributed by atoms with Gasteiger partial charge < -0.3 is 4.90 Å². The average Bonchev–Trinajstić information content (AvgIpc) is 3.23. The van der Waals surface area contributed by atoms with Crippen molar-refractivity contribution in [2.75, 3.05) is 19.6 Å². The number of amides is 1. The maximum absolute atomic E-state index is 13.2. The van der Waals surface area contributed by atoms with Crippen LogP contribution in [0.2, 0.25) is 5.02 Å². The van der Waals surface area contributed by atoms with Crippen molar-refractivity contribution in [3.63, 3.8) is 0 Å². The van der Waals surface area contributed by atoms with Gasteiger partial charge in [-0.25, -0.2) is 8.42 Å². The number of sulfonamides is 1. The fraction of sp³-hybridized carbons (Fsp3) is 0.450. The predicted molar refractivity (Wildman–Crippen MR) is 118 cm³/mol. The number of benzene rings is 1. The molecule has 1 amide bonds. The maximum atomic E-state index is 13.2. The third-order valence-corrected chi connectivity index (χ3v) is 9.33. The van der Waals surface area contributed by atoms with Gasteiger partial charge in [0.1, 0.15) is 5.02 Å². The first-order valence-electron chi connectivity index (χ1n) is 10.0. The Hall–Kier alpha value is -2.01. The summed E-state index contributed by atoms with van der Waals surface area (Å²) in [5.74, 6) is -0.155. The number of hydrogen-bond donors (Lipinski definition) is 0. The minimum absolute atomic E-state index is 0.0267. The molecule has 0 spiro atoms. The molecule has 0 saturated carbocycles. The lowest BCUT2D eigenvalue weighted by Gasteiger charge is -2.38. The molecule has 1 fully saturated rings. The number of nitrogens with zero attached hydrogens (tertiary/aromatic N) is 3. The Morgan fingerprint density at radius 1 is 1.23 bits per heavy atom. The van der Waals surface area contributed by atoms with Crippen LogP contribution in [0.5, 0.6) is 0 Å². The SMILES string of the molecule is CC1c2ccsc2CCN1C(=O)C1CCN(S(=O)(=O)c2ccc(Cl)c([N+](=O)[O-])c2)CC1. The van der Waals surface area contributed by atoms with E-state index in [9.17, 15) is 23.3 Å². The van der Waals surface area contributed by atoms with Crippen LogP contribution < -0.4 is 0 Å². The van der Waals surface area contributed by atoms with Crippen molar-refractivity contribution in [1.82, 2.24) is 9.21 Å². The van der Waals surface area contributed by atoms with E-state index in [4.69, 9.17) is 11.6 Å². The molecule has 0 aliphatic carbocycles. The second-order valence-electron chi connectivity index (χ2n) is 7.81. The van der Waals surface area contributed by atoms with Crippen molar-refractivity contribution in [3.8, 4) is 0 Å². The summed E-state index contributed by atoms with van der Waals surface area (Å²) in [4.78, 5) is 26.6. The highest BCUT2D eigenvalue weighted by Gasteiger charge is 2.37. The third-order valence-electron chi connectivity index (χ3n) is 6.12. The molecule has 2 aliphatic heterocycles. The van der Waals surface area contributed by atoms with Crippen LogP contribution in [0.1, 0.15) is 36.2 Å². The van der Waals surface area contributed by atoms with Gasteiger partial charge in [-0.15, -0.1) is 11.3 Å². The van der Waals surface area contributed by atoms with E-state index in [-0.39, 0.29) is 40.9 Å². The van der Waals surface area contributed by atoms with Crippen LogP contribution in [0.15, 0.2) is 34.5 Å². The lowest BCUT2D eigenvalue weighted by atomic mass is 9.93. The monoisotopic (exact) mass is 483 g/mol. The van der Waals surface area contributed by atoms with Crippen molar-refractivity contribution >= 4 is 44.6 Å². The van der Waals surface area contributed by atoms with E-state index in [0.717, 1.165) is 12.5 Å². The zero-order valence-electron chi connectivity index (χ0n) is 16.9. The van der Waals surface area contributed by atoms with Crippen LogP contribution in [0.3, 0.4) is 0 Å². The molecule has 0 radical (unpaired) electrons. The Labute approximate surface area is 189 Å². The molecule has 11 heteroatoms. The van der Waals surface area contributed by atoms with Crippen molar-refractivity contribution < 1.29 is 18.1 Å². The van der Waals surface area contributed by atoms with E-state index < -0.39 is 20.6 Å². The Morgan fingerprint density at radius 2 is 1.94 bits per heavy atom. The summed E-state index contributed by atoms with van der Waals surface area (Å²) < 4.78 is 27.2. The summed E-state index contributed by atoms with van der Waals surface area (Å²) >= 11 is 7.52. The molecule has 166 valence electrons. The molecule has 2 aliphatic rings. The first kappa shape index (κ1) is 22.2. The van der Waals surface area contributed by atoms with Crippen LogP contribution >= 0.6 is 22.9 Å². The largest absolute Gasteiger partial charge is 0.335 e. The Bertz CT molecular complexity index is 1130. The highest BCUT2D eigenvalue weighted by atomic mass is 35.5. The molecule has 31 heavy (non-hydrogen) atoms. The summed E-state index contributed by atoms with van der Waals surface area (Å²) in [6, 6.07) is 5.58. The number of rotatable bonds is 4. The van der Waals surface area contributed by atoms with Crippen LogP contribution in [0.4, 0.5) is 5.69 Å². The van der Waals surface area contributed by atoms with Gasteiger partial charge in [-0.3, -0.25) is 14.9 Å². The fourth-order valence-electron chi connectivity index (χ4n) is 4.33. The number of piperidine rings is 1. The Kier molecular flexibility index (Phi) is 6.08. The molecule has 1 aromatic heterocycles. The summed E-state index contributed by atoms with van der Waals surface area (Å²) in [6.07, 6.45) is 1.70. The van der Waals surface area contributed by atoms with Gasteiger partial charge in [-0.05, 0) is 55.3 Å². The molecule has 4 rings (SSSR count).